The van der Waals surface area contributed by atoms with Crippen LogP contribution in [0.3, 0.4) is 0 Å². The maximum Gasteiger partial charge on any atom is 0.408 e. The van der Waals surface area contributed by atoms with Crippen LogP contribution in [0.1, 0.15) is 68.1 Å². The third-order valence-corrected chi connectivity index (χ3v) is 6.21. The van der Waals surface area contributed by atoms with E-state index < -0.39 is 11.6 Å². The van der Waals surface area contributed by atoms with E-state index in [1.165, 1.54) is 0 Å². The molecule has 176 valence electrons. The summed E-state index contributed by atoms with van der Waals surface area (Å²) in [6.45, 7) is 8.09. The smallest absolute Gasteiger partial charge is 0.408 e. The molecule has 9 heteroatoms. The summed E-state index contributed by atoms with van der Waals surface area (Å²) >= 11 is 0. The summed E-state index contributed by atoms with van der Waals surface area (Å²) in [7, 11) is 0. The Balaban J connectivity index is 1.66. The number of amides is 2. The van der Waals surface area contributed by atoms with Crippen LogP contribution in [0.4, 0.5) is 22.2 Å². The van der Waals surface area contributed by atoms with Gasteiger partial charge in [0.05, 0.1) is 18.3 Å². The lowest BCUT2D eigenvalue weighted by atomic mass is 9.87. The van der Waals surface area contributed by atoms with Gasteiger partial charge in [0.25, 0.3) is 5.91 Å². The molecule has 0 saturated heterocycles. The first-order chi connectivity index (χ1) is 15.6. The minimum Gasteiger partial charge on any atom is -0.465 e. The van der Waals surface area contributed by atoms with Gasteiger partial charge in [-0.05, 0) is 58.2 Å². The van der Waals surface area contributed by atoms with Crippen molar-refractivity contribution in [3.05, 3.63) is 41.1 Å². The normalized spacial score (nSPS) is 20.1. The Kier molecular flexibility index (Phi) is 6.14. The second-order valence-corrected chi connectivity index (χ2v) is 9.82. The molecule has 0 unspecified atom stereocenters. The van der Waals surface area contributed by atoms with Crippen LogP contribution < -0.4 is 16.0 Å². The molecule has 2 aliphatic rings. The summed E-state index contributed by atoms with van der Waals surface area (Å²) < 4.78 is 0. The first kappa shape index (κ1) is 22.8. The molecule has 9 nitrogen and oxygen atoms in total. The number of hydrogen-bond acceptors (Lipinski definition) is 6. The molecule has 2 amide bonds. The maximum atomic E-state index is 12.4. The lowest BCUT2D eigenvalue weighted by Crippen LogP contribution is -2.58. The van der Waals surface area contributed by atoms with E-state index in [0.29, 0.717) is 29.6 Å². The van der Waals surface area contributed by atoms with Crippen LogP contribution in [0.15, 0.2) is 24.3 Å². The molecule has 2 aromatic rings. The van der Waals surface area contributed by atoms with Gasteiger partial charge >= 0.3 is 6.09 Å². The van der Waals surface area contributed by atoms with Crippen molar-refractivity contribution in [3.8, 4) is 0 Å². The molecular weight excluding hydrogens is 420 g/mol. The topological polar surface area (TPSA) is 119 Å². The summed E-state index contributed by atoms with van der Waals surface area (Å²) in [5.74, 6) is 0.643. The second-order valence-electron chi connectivity index (χ2n) is 9.82. The minimum atomic E-state index is -0.923. The van der Waals surface area contributed by atoms with Crippen molar-refractivity contribution in [2.45, 2.75) is 77.5 Å². The number of benzene rings is 1. The van der Waals surface area contributed by atoms with Crippen LogP contribution in [0.2, 0.25) is 0 Å². The third kappa shape index (κ3) is 4.86. The highest BCUT2D eigenvalue weighted by molar-refractivity contribution is 6.02. The van der Waals surface area contributed by atoms with Crippen LogP contribution in [-0.4, -0.2) is 49.6 Å². The zero-order chi connectivity index (χ0) is 23.8. The largest absolute Gasteiger partial charge is 0.465 e. The molecule has 1 saturated carbocycles. The number of carboxylic acid groups (broad SMARTS) is 1. The van der Waals surface area contributed by atoms with E-state index in [1.54, 1.807) is 4.90 Å². The SMILES string of the molecule is Cc1cccc(Nc2nc(N[C@@H]3CCCC[C@@H]3N(C(=O)O)C(C)(C)C)nc3c2C(=O)NC3)c1. The maximum absolute atomic E-state index is 12.4. The van der Waals surface area contributed by atoms with Gasteiger partial charge in [0.1, 0.15) is 11.4 Å². The molecule has 1 fully saturated rings. The number of nitrogens with zero attached hydrogens (tertiary/aromatic N) is 3. The van der Waals surface area contributed by atoms with Gasteiger partial charge in [-0.15, -0.1) is 0 Å². The lowest BCUT2D eigenvalue weighted by molar-refractivity contribution is 0.0519. The summed E-state index contributed by atoms with van der Waals surface area (Å²) in [5, 5.41) is 19.5. The molecule has 4 N–H and O–H groups in total. The van der Waals surface area contributed by atoms with Crippen LogP contribution in [0.5, 0.6) is 0 Å². The molecule has 4 rings (SSSR count). The highest BCUT2D eigenvalue weighted by Gasteiger charge is 2.39. The standard InChI is InChI=1S/C24H32N6O3/c1-14-8-7-9-15(12-14)26-20-19-17(13-25-21(19)31)28-22(29-20)27-16-10-5-6-11-18(16)30(23(32)33)24(2,3)4/h7-9,12,16,18H,5-6,10-11,13H2,1-4H3,(H,25,31)(H,32,33)(H2,26,27,28,29)/t16-,18+/m1/s1. The van der Waals surface area contributed by atoms with Crippen molar-refractivity contribution >= 4 is 29.5 Å². The van der Waals surface area contributed by atoms with Gasteiger partial charge in [-0.3, -0.25) is 9.69 Å². The van der Waals surface area contributed by atoms with Crippen LogP contribution in [0.25, 0.3) is 0 Å². The number of aryl methyl sites for hydroxylation is 1. The Hall–Kier alpha value is -3.36. The van der Waals surface area contributed by atoms with E-state index in [2.05, 4.69) is 25.9 Å². The van der Waals surface area contributed by atoms with E-state index >= 15 is 0 Å². The van der Waals surface area contributed by atoms with Gasteiger partial charge in [0, 0.05) is 17.3 Å². The predicted molar refractivity (Wildman–Crippen MR) is 127 cm³/mol. The Bertz CT molecular complexity index is 1060. The lowest BCUT2D eigenvalue weighted by Gasteiger charge is -2.45. The number of fused-ring (bicyclic) bond motifs is 1. The zero-order valence-corrected chi connectivity index (χ0v) is 19.6. The number of rotatable bonds is 5. The monoisotopic (exact) mass is 452 g/mol. The number of carbonyl (C=O) groups excluding carboxylic acids is 1. The van der Waals surface area contributed by atoms with Crippen LogP contribution in [0, 0.1) is 6.92 Å². The fourth-order valence-corrected chi connectivity index (χ4v) is 4.82. The van der Waals surface area contributed by atoms with Gasteiger partial charge in [0.2, 0.25) is 5.95 Å². The quantitative estimate of drug-likeness (QED) is 0.535. The average molecular weight is 453 g/mol. The van der Waals surface area contributed by atoms with Crippen molar-refractivity contribution in [1.29, 1.82) is 0 Å². The molecule has 33 heavy (non-hydrogen) atoms. The second kappa shape index (κ2) is 8.88. The third-order valence-electron chi connectivity index (χ3n) is 6.21. The summed E-state index contributed by atoms with van der Waals surface area (Å²) in [4.78, 5) is 35.4. The fraction of sp³-hybridized carbons (Fsp3) is 0.500. The number of carbonyl (C=O) groups is 2. The van der Waals surface area contributed by atoms with Crippen LogP contribution >= 0.6 is 0 Å². The Morgan fingerprint density at radius 1 is 1.21 bits per heavy atom. The van der Waals surface area contributed by atoms with Gasteiger partial charge < -0.3 is 21.1 Å². The number of aromatic nitrogens is 2. The molecule has 2 heterocycles. The Morgan fingerprint density at radius 3 is 2.67 bits per heavy atom. The molecule has 1 aromatic heterocycles. The highest BCUT2D eigenvalue weighted by Crippen LogP contribution is 2.32. The van der Waals surface area contributed by atoms with Crippen molar-refractivity contribution in [2.24, 2.45) is 0 Å². The molecule has 0 bridgehead atoms. The van der Waals surface area contributed by atoms with Crippen LogP contribution in [-0.2, 0) is 6.54 Å². The van der Waals surface area contributed by atoms with Gasteiger partial charge in [-0.1, -0.05) is 25.0 Å². The highest BCUT2D eigenvalue weighted by atomic mass is 16.4. The van der Waals surface area contributed by atoms with E-state index in [1.807, 2.05) is 52.0 Å². The predicted octanol–water partition coefficient (Wildman–Crippen LogP) is 4.27. The van der Waals surface area contributed by atoms with E-state index in [4.69, 9.17) is 0 Å². The average Bonchev–Trinajstić information content (AvgIpc) is 3.09. The number of nitrogens with one attached hydrogen (secondary N) is 3. The zero-order valence-electron chi connectivity index (χ0n) is 19.6. The van der Waals surface area contributed by atoms with Crippen molar-refractivity contribution in [2.75, 3.05) is 10.6 Å². The van der Waals surface area contributed by atoms with Crippen molar-refractivity contribution < 1.29 is 14.7 Å². The minimum absolute atomic E-state index is 0.121. The number of hydrogen-bond donors (Lipinski definition) is 4. The van der Waals surface area contributed by atoms with E-state index in [0.717, 1.165) is 36.9 Å². The summed E-state index contributed by atoms with van der Waals surface area (Å²) in [6.07, 6.45) is 2.66. The van der Waals surface area contributed by atoms with E-state index in [-0.39, 0.29) is 18.0 Å². The van der Waals surface area contributed by atoms with Crippen molar-refractivity contribution in [3.63, 3.8) is 0 Å². The Labute approximate surface area is 194 Å². The summed E-state index contributed by atoms with van der Waals surface area (Å²) in [6, 6.07) is 7.54. The molecule has 1 aliphatic heterocycles. The molecular formula is C24H32N6O3. The van der Waals surface area contributed by atoms with E-state index in [9.17, 15) is 14.7 Å². The Morgan fingerprint density at radius 2 is 1.97 bits per heavy atom. The van der Waals surface area contributed by atoms with Crippen molar-refractivity contribution in [1.82, 2.24) is 20.2 Å². The summed E-state index contributed by atoms with van der Waals surface area (Å²) in [5.41, 5.74) is 2.48. The van der Waals surface area contributed by atoms with Gasteiger partial charge in [-0.2, -0.15) is 4.98 Å². The molecule has 1 aliphatic carbocycles. The molecule has 1 aromatic carbocycles. The molecule has 0 radical (unpaired) electrons. The first-order valence-corrected chi connectivity index (χ1v) is 11.4. The van der Waals surface area contributed by atoms with Gasteiger partial charge in [-0.25, -0.2) is 9.78 Å². The molecule has 0 spiro atoms. The fourth-order valence-electron chi connectivity index (χ4n) is 4.82. The van der Waals surface area contributed by atoms with Gasteiger partial charge in [0.15, 0.2) is 0 Å². The number of anilines is 3. The first-order valence-electron chi connectivity index (χ1n) is 11.4. The molecule has 2 atom stereocenters.